The van der Waals surface area contributed by atoms with Gasteiger partial charge < -0.3 is 14.8 Å². The fourth-order valence-corrected chi connectivity index (χ4v) is 3.03. The van der Waals surface area contributed by atoms with Gasteiger partial charge in [-0.2, -0.15) is 0 Å². The third-order valence-corrected chi connectivity index (χ3v) is 4.28. The lowest BCUT2D eigenvalue weighted by atomic mass is 9.94. The molecular weight excluding hydrogens is 266 g/mol. The van der Waals surface area contributed by atoms with Gasteiger partial charge in [0, 0.05) is 13.0 Å². The first-order valence-electron chi connectivity index (χ1n) is 8.55. The molecule has 4 nitrogen and oxygen atoms in total. The van der Waals surface area contributed by atoms with Gasteiger partial charge in [0.05, 0.1) is 12.7 Å². The topological polar surface area (TPSA) is 47.6 Å². The van der Waals surface area contributed by atoms with E-state index in [1.807, 2.05) is 13.8 Å². The molecule has 0 bridgehead atoms. The van der Waals surface area contributed by atoms with Crippen LogP contribution in [0.2, 0.25) is 0 Å². The zero-order chi connectivity index (χ0) is 15.7. The fraction of sp³-hybridized carbons (Fsp3) is 0.941. The summed E-state index contributed by atoms with van der Waals surface area (Å²) < 4.78 is 11.2. The van der Waals surface area contributed by atoms with Gasteiger partial charge in [0.25, 0.3) is 0 Å². The van der Waals surface area contributed by atoms with E-state index in [-0.39, 0.29) is 12.1 Å². The molecule has 1 fully saturated rings. The second-order valence-electron chi connectivity index (χ2n) is 6.48. The van der Waals surface area contributed by atoms with Crippen LogP contribution in [0.15, 0.2) is 0 Å². The summed E-state index contributed by atoms with van der Waals surface area (Å²) in [6.45, 7) is 9.98. The molecule has 0 heterocycles. The molecule has 0 spiro atoms. The van der Waals surface area contributed by atoms with E-state index in [1.54, 1.807) is 0 Å². The smallest absolute Gasteiger partial charge is 0.326 e. The van der Waals surface area contributed by atoms with Crippen LogP contribution in [0, 0.1) is 5.92 Å². The molecule has 0 aromatic heterocycles. The number of ether oxygens (including phenoxy) is 2. The predicted octanol–water partition coefficient (Wildman–Crippen LogP) is 3.29. The molecule has 0 aromatic rings. The van der Waals surface area contributed by atoms with E-state index < -0.39 is 5.54 Å². The standard InChI is InChI=1S/C17H33NO3/c1-5-11-18-17(4,16(19)20-6-2)12-14(3)21-13-15-9-7-8-10-15/h14-15,18H,5-13H2,1-4H3. The number of hydrogen-bond donors (Lipinski definition) is 1. The molecule has 4 heteroatoms. The second-order valence-corrected chi connectivity index (χ2v) is 6.48. The molecule has 21 heavy (non-hydrogen) atoms. The quantitative estimate of drug-likeness (QED) is 0.629. The summed E-state index contributed by atoms with van der Waals surface area (Å²) in [7, 11) is 0. The lowest BCUT2D eigenvalue weighted by Gasteiger charge is -2.31. The van der Waals surface area contributed by atoms with E-state index in [2.05, 4.69) is 19.2 Å². The first-order valence-corrected chi connectivity index (χ1v) is 8.55. The SMILES string of the molecule is CCCNC(C)(CC(C)OCC1CCCC1)C(=O)OCC. The predicted molar refractivity (Wildman–Crippen MR) is 85.3 cm³/mol. The summed E-state index contributed by atoms with van der Waals surface area (Å²) >= 11 is 0. The van der Waals surface area contributed by atoms with Gasteiger partial charge in [-0.3, -0.25) is 4.79 Å². The first kappa shape index (κ1) is 18.4. The van der Waals surface area contributed by atoms with Gasteiger partial charge in [-0.25, -0.2) is 0 Å². The van der Waals surface area contributed by atoms with Gasteiger partial charge in [-0.15, -0.1) is 0 Å². The third kappa shape index (κ3) is 6.35. The third-order valence-electron chi connectivity index (χ3n) is 4.28. The average Bonchev–Trinajstić information content (AvgIpc) is 2.96. The highest BCUT2D eigenvalue weighted by molar-refractivity contribution is 5.80. The monoisotopic (exact) mass is 299 g/mol. The van der Waals surface area contributed by atoms with Crippen LogP contribution in [-0.2, 0) is 14.3 Å². The van der Waals surface area contributed by atoms with Gasteiger partial charge >= 0.3 is 5.97 Å². The van der Waals surface area contributed by atoms with Crippen molar-refractivity contribution in [3.05, 3.63) is 0 Å². The lowest BCUT2D eigenvalue weighted by molar-refractivity contribution is -0.152. The van der Waals surface area contributed by atoms with Gasteiger partial charge in [-0.1, -0.05) is 19.8 Å². The lowest BCUT2D eigenvalue weighted by Crippen LogP contribution is -2.52. The molecule has 124 valence electrons. The van der Waals surface area contributed by atoms with E-state index in [0.717, 1.165) is 19.6 Å². The maximum absolute atomic E-state index is 12.2. The molecule has 0 amide bonds. The Kier molecular flexibility index (Phi) is 8.27. The van der Waals surface area contributed by atoms with Gasteiger partial charge in [0.2, 0.25) is 0 Å². The van der Waals surface area contributed by atoms with Crippen molar-refractivity contribution < 1.29 is 14.3 Å². The van der Waals surface area contributed by atoms with Crippen molar-refractivity contribution in [3.8, 4) is 0 Å². The van der Waals surface area contributed by atoms with Crippen molar-refractivity contribution in [2.75, 3.05) is 19.8 Å². The van der Waals surface area contributed by atoms with Gasteiger partial charge in [0.15, 0.2) is 0 Å². The summed E-state index contributed by atoms with van der Waals surface area (Å²) in [5.74, 6) is 0.541. The molecule has 1 saturated carbocycles. The highest BCUT2D eigenvalue weighted by Gasteiger charge is 2.36. The number of carbonyl (C=O) groups is 1. The minimum atomic E-state index is -0.652. The number of hydrogen-bond acceptors (Lipinski definition) is 4. The molecular formula is C17H33NO3. The Bertz CT molecular complexity index is 302. The number of esters is 1. The molecule has 2 unspecified atom stereocenters. The summed E-state index contributed by atoms with van der Waals surface area (Å²) in [5, 5.41) is 3.33. The van der Waals surface area contributed by atoms with E-state index in [4.69, 9.17) is 9.47 Å². The largest absolute Gasteiger partial charge is 0.465 e. The Morgan fingerprint density at radius 3 is 2.57 bits per heavy atom. The van der Waals surface area contributed by atoms with Crippen LogP contribution in [0.25, 0.3) is 0 Å². The van der Waals surface area contributed by atoms with Crippen LogP contribution < -0.4 is 5.32 Å². The molecule has 0 aromatic carbocycles. The molecule has 1 rings (SSSR count). The van der Waals surface area contributed by atoms with Crippen molar-refractivity contribution >= 4 is 5.97 Å². The van der Waals surface area contributed by atoms with Crippen molar-refractivity contribution in [3.63, 3.8) is 0 Å². The molecule has 2 atom stereocenters. The summed E-state index contributed by atoms with van der Waals surface area (Å²) in [6.07, 6.45) is 6.95. The first-order chi connectivity index (χ1) is 10.0. The molecule has 1 aliphatic carbocycles. The van der Waals surface area contributed by atoms with Gasteiger partial charge in [-0.05, 0) is 52.5 Å². The number of carbonyl (C=O) groups excluding carboxylic acids is 1. The van der Waals surface area contributed by atoms with Crippen molar-refractivity contribution in [1.29, 1.82) is 0 Å². The minimum absolute atomic E-state index is 0.0596. The molecule has 0 radical (unpaired) electrons. The van der Waals surface area contributed by atoms with Crippen LogP contribution >= 0.6 is 0 Å². The Labute approximate surface area is 130 Å². The number of nitrogens with one attached hydrogen (secondary N) is 1. The van der Waals surface area contributed by atoms with Crippen LogP contribution in [0.4, 0.5) is 0 Å². The minimum Gasteiger partial charge on any atom is -0.465 e. The van der Waals surface area contributed by atoms with Crippen LogP contribution in [0.5, 0.6) is 0 Å². The van der Waals surface area contributed by atoms with Crippen molar-refractivity contribution in [1.82, 2.24) is 5.32 Å². The maximum Gasteiger partial charge on any atom is 0.326 e. The van der Waals surface area contributed by atoms with E-state index in [1.165, 1.54) is 25.7 Å². The van der Waals surface area contributed by atoms with Crippen LogP contribution in [0.3, 0.4) is 0 Å². The summed E-state index contributed by atoms with van der Waals surface area (Å²) in [6, 6.07) is 0. The zero-order valence-corrected chi connectivity index (χ0v) is 14.2. The highest BCUT2D eigenvalue weighted by atomic mass is 16.5. The van der Waals surface area contributed by atoms with Gasteiger partial charge in [0.1, 0.15) is 5.54 Å². The Morgan fingerprint density at radius 1 is 1.33 bits per heavy atom. The van der Waals surface area contributed by atoms with E-state index >= 15 is 0 Å². The summed E-state index contributed by atoms with van der Waals surface area (Å²) in [5.41, 5.74) is -0.652. The molecule has 1 aliphatic rings. The maximum atomic E-state index is 12.2. The van der Waals surface area contributed by atoms with Crippen molar-refractivity contribution in [2.24, 2.45) is 5.92 Å². The molecule has 1 N–H and O–H groups in total. The van der Waals surface area contributed by atoms with Crippen molar-refractivity contribution in [2.45, 2.75) is 77.9 Å². The normalized spacial score (nSPS) is 20.2. The Balaban J connectivity index is 2.46. The average molecular weight is 299 g/mol. The molecule has 0 saturated heterocycles. The second kappa shape index (κ2) is 9.42. The van der Waals surface area contributed by atoms with E-state index in [0.29, 0.717) is 18.9 Å². The van der Waals surface area contributed by atoms with Crippen LogP contribution in [0.1, 0.15) is 66.2 Å². The number of rotatable bonds is 10. The van der Waals surface area contributed by atoms with Crippen LogP contribution in [-0.4, -0.2) is 37.4 Å². The van der Waals surface area contributed by atoms with E-state index in [9.17, 15) is 4.79 Å². The summed E-state index contributed by atoms with van der Waals surface area (Å²) in [4.78, 5) is 12.2. The Hall–Kier alpha value is -0.610. The highest BCUT2D eigenvalue weighted by Crippen LogP contribution is 2.26. The Morgan fingerprint density at radius 2 is 2.00 bits per heavy atom. The fourth-order valence-electron chi connectivity index (χ4n) is 3.03. The zero-order valence-electron chi connectivity index (χ0n) is 14.2. The molecule has 0 aliphatic heterocycles.